The van der Waals surface area contributed by atoms with Crippen LogP contribution in [-0.4, -0.2) is 10.9 Å². The van der Waals surface area contributed by atoms with Crippen molar-refractivity contribution >= 4 is 52.2 Å². The lowest BCUT2D eigenvalue weighted by molar-refractivity contribution is -0.112. The first-order valence-corrected chi connectivity index (χ1v) is 7.38. The van der Waals surface area contributed by atoms with E-state index >= 15 is 0 Å². The van der Waals surface area contributed by atoms with Crippen LogP contribution in [0.2, 0.25) is 15.1 Å². The average Bonchev–Trinajstić information content (AvgIpc) is 2.53. The first kappa shape index (κ1) is 17.1. The van der Waals surface area contributed by atoms with Crippen molar-refractivity contribution in [2.24, 2.45) is 0 Å². The molecule has 0 unspecified atom stereocenters. The zero-order valence-corrected chi connectivity index (χ0v) is 13.7. The van der Waals surface area contributed by atoms with Gasteiger partial charge in [-0.25, -0.2) is 4.98 Å². The van der Waals surface area contributed by atoms with Crippen molar-refractivity contribution in [2.45, 2.75) is 0 Å². The molecule has 0 atom stereocenters. The number of hydrogen-bond acceptors (Lipinski definition) is 4. The van der Waals surface area contributed by atoms with Gasteiger partial charge in [-0.15, -0.1) is 0 Å². The van der Waals surface area contributed by atoms with Crippen molar-refractivity contribution in [3.63, 3.8) is 0 Å². The Bertz CT molecular complexity index is 797. The Kier molecular flexibility index (Phi) is 5.83. The van der Waals surface area contributed by atoms with Gasteiger partial charge in [-0.05, 0) is 30.3 Å². The van der Waals surface area contributed by atoms with Gasteiger partial charge in [0.1, 0.15) is 17.5 Å². The molecule has 0 aliphatic rings. The van der Waals surface area contributed by atoms with Gasteiger partial charge in [-0.2, -0.15) is 5.26 Å². The second-order valence-electron chi connectivity index (χ2n) is 4.25. The molecule has 0 fully saturated rings. The van der Waals surface area contributed by atoms with Crippen molar-refractivity contribution in [1.82, 2.24) is 4.98 Å². The van der Waals surface area contributed by atoms with Crippen LogP contribution in [0.4, 0.5) is 11.5 Å². The van der Waals surface area contributed by atoms with E-state index in [2.05, 4.69) is 15.6 Å². The number of pyridine rings is 1. The second-order valence-corrected chi connectivity index (χ2v) is 5.53. The van der Waals surface area contributed by atoms with Gasteiger partial charge < -0.3 is 10.6 Å². The van der Waals surface area contributed by atoms with Gasteiger partial charge in [0.25, 0.3) is 5.91 Å². The van der Waals surface area contributed by atoms with Crippen LogP contribution in [0, 0.1) is 11.3 Å². The third kappa shape index (κ3) is 4.86. The highest BCUT2D eigenvalue weighted by Gasteiger charge is 2.11. The van der Waals surface area contributed by atoms with E-state index in [1.165, 1.54) is 18.5 Å². The molecule has 5 nitrogen and oxygen atoms in total. The van der Waals surface area contributed by atoms with Crippen molar-refractivity contribution < 1.29 is 4.79 Å². The molecule has 2 aromatic rings. The van der Waals surface area contributed by atoms with Crippen LogP contribution in [0.5, 0.6) is 0 Å². The topological polar surface area (TPSA) is 77.8 Å². The van der Waals surface area contributed by atoms with E-state index < -0.39 is 5.91 Å². The van der Waals surface area contributed by atoms with Crippen molar-refractivity contribution in [1.29, 1.82) is 5.26 Å². The van der Waals surface area contributed by atoms with E-state index in [-0.39, 0.29) is 5.57 Å². The molecule has 0 saturated carbocycles. The van der Waals surface area contributed by atoms with Crippen LogP contribution >= 0.6 is 34.8 Å². The number of amides is 1. The lowest BCUT2D eigenvalue weighted by Crippen LogP contribution is -2.15. The van der Waals surface area contributed by atoms with Gasteiger partial charge >= 0.3 is 0 Å². The number of anilines is 2. The predicted octanol–water partition coefficient (Wildman–Crippen LogP) is 4.50. The Morgan fingerprint density at radius 1 is 1.17 bits per heavy atom. The molecule has 116 valence electrons. The summed E-state index contributed by atoms with van der Waals surface area (Å²) in [5, 5.41) is 15.6. The highest BCUT2D eigenvalue weighted by Crippen LogP contribution is 2.25. The number of nitriles is 1. The highest BCUT2D eigenvalue weighted by molar-refractivity contribution is 6.36. The van der Waals surface area contributed by atoms with Crippen LogP contribution < -0.4 is 10.6 Å². The minimum atomic E-state index is -0.627. The molecule has 0 bridgehead atoms. The summed E-state index contributed by atoms with van der Waals surface area (Å²) in [4.78, 5) is 16.1. The number of carbonyl (C=O) groups excluding carboxylic acids is 1. The quantitative estimate of drug-likeness (QED) is 0.616. The van der Waals surface area contributed by atoms with Crippen molar-refractivity contribution in [3.05, 3.63) is 63.4 Å². The maximum absolute atomic E-state index is 12.1. The first-order chi connectivity index (χ1) is 11.0. The zero-order valence-electron chi connectivity index (χ0n) is 11.5. The minimum absolute atomic E-state index is 0.155. The summed E-state index contributed by atoms with van der Waals surface area (Å²) in [5.41, 5.74) is 0.160. The molecular weight excluding hydrogens is 359 g/mol. The van der Waals surface area contributed by atoms with Gasteiger partial charge in [0.15, 0.2) is 0 Å². The van der Waals surface area contributed by atoms with Gasteiger partial charge in [-0.3, -0.25) is 4.79 Å². The average molecular weight is 368 g/mol. The van der Waals surface area contributed by atoms with Gasteiger partial charge in [-0.1, -0.05) is 34.8 Å². The normalized spacial score (nSPS) is 10.8. The fourth-order valence-electron chi connectivity index (χ4n) is 1.54. The molecule has 0 saturated heterocycles. The zero-order chi connectivity index (χ0) is 16.8. The molecule has 1 amide bonds. The fraction of sp³-hybridized carbons (Fsp3) is 0. The number of benzene rings is 1. The molecule has 1 heterocycles. The maximum Gasteiger partial charge on any atom is 0.267 e. The number of hydrogen-bond donors (Lipinski definition) is 2. The molecule has 0 radical (unpaired) electrons. The lowest BCUT2D eigenvalue weighted by Gasteiger charge is -2.07. The van der Waals surface area contributed by atoms with Gasteiger partial charge in [0, 0.05) is 17.4 Å². The van der Waals surface area contributed by atoms with Crippen molar-refractivity contribution in [3.8, 4) is 6.07 Å². The Labute approximate surface area is 147 Å². The van der Waals surface area contributed by atoms with Crippen LogP contribution in [-0.2, 0) is 4.79 Å². The third-order valence-electron chi connectivity index (χ3n) is 2.63. The molecule has 2 rings (SSSR count). The number of nitrogens with one attached hydrogen (secondary N) is 2. The Hall–Kier alpha value is -2.26. The summed E-state index contributed by atoms with van der Waals surface area (Å²) in [5.74, 6) is -0.186. The summed E-state index contributed by atoms with van der Waals surface area (Å²) < 4.78 is 0. The minimum Gasteiger partial charge on any atom is -0.345 e. The van der Waals surface area contributed by atoms with E-state index in [4.69, 9.17) is 40.1 Å². The number of rotatable bonds is 4. The van der Waals surface area contributed by atoms with Crippen LogP contribution in [0.25, 0.3) is 0 Å². The van der Waals surface area contributed by atoms with E-state index in [0.29, 0.717) is 26.6 Å². The largest absolute Gasteiger partial charge is 0.345 e. The molecule has 2 N–H and O–H groups in total. The van der Waals surface area contributed by atoms with Crippen LogP contribution in [0.1, 0.15) is 0 Å². The summed E-state index contributed by atoms with van der Waals surface area (Å²) in [6, 6.07) is 9.66. The number of nitrogens with zero attached hydrogens (tertiary/aromatic N) is 2. The summed E-state index contributed by atoms with van der Waals surface area (Å²) in [6.45, 7) is 0. The molecule has 0 spiro atoms. The van der Waals surface area contributed by atoms with Gasteiger partial charge in [0.2, 0.25) is 0 Å². The van der Waals surface area contributed by atoms with E-state index in [0.717, 1.165) is 0 Å². The van der Waals surface area contributed by atoms with E-state index in [9.17, 15) is 4.79 Å². The Morgan fingerprint density at radius 2 is 1.91 bits per heavy atom. The SMILES string of the molecule is N#C/C(=C/Nc1ccc(Cl)cn1)C(=O)Nc1cc(Cl)ccc1Cl. The Morgan fingerprint density at radius 3 is 2.57 bits per heavy atom. The monoisotopic (exact) mass is 366 g/mol. The number of carbonyl (C=O) groups is 1. The second kappa shape index (κ2) is 7.84. The van der Waals surface area contributed by atoms with Crippen LogP contribution in [0.3, 0.4) is 0 Å². The van der Waals surface area contributed by atoms with Crippen LogP contribution in [0.15, 0.2) is 48.3 Å². The molecule has 0 aliphatic carbocycles. The molecule has 8 heteroatoms. The molecule has 1 aromatic carbocycles. The van der Waals surface area contributed by atoms with E-state index in [1.807, 2.05) is 0 Å². The summed E-state index contributed by atoms with van der Waals surface area (Å²) >= 11 is 17.5. The predicted molar refractivity (Wildman–Crippen MR) is 91.7 cm³/mol. The first-order valence-electron chi connectivity index (χ1n) is 6.24. The number of aromatic nitrogens is 1. The highest BCUT2D eigenvalue weighted by atomic mass is 35.5. The fourth-order valence-corrected chi connectivity index (χ4v) is 1.99. The molecule has 23 heavy (non-hydrogen) atoms. The van der Waals surface area contributed by atoms with E-state index in [1.54, 1.807) is 30.3 Å². The van der Waals surface area contributed by atoms with Crippen molar-refractivity contribution in [2.75, 3.05) is 10.6 Å². The molecule has 1 aromatic heterocycles. The summed E-state index contributed by atoms with van der Waals surface area (Å²) in [6.07, 6.45) is 2.68. The molecular formula is C15H9Cl3N4O. The van der Waals surface area contributed by atoms with Gasteiger partial charge in [0.05, 0.1) is 15.7 Å². The number of halogens is 3. The smallest absolute Gasteiger partial charge is 0.267 e. The Balaban J connectivity index is 2.12. The standard InChI is InChI=1S/C15H9Cl3N4O/c16-10-1-3-12(18)13(5-10)22-15(23)9(6-19)7-20-14-4-2-11(17)8-21-14/h1-5,7-8H,(H,20,21)(H,22,23)/b9-7-. The third-order valence-corrected chi connectivity index (χ3v) is 3.42. The summed E-state index contributed by atoms with van der Waals surface area (Å²) in [7, 11) is 0. The lowest BCUT2D eigenvalue weighted by atomic mass is 10.2. The maximum atomic E-state index is 12.1. The molecule has 0 aliphatic heterocycles.